The van der Waals surface area contributed by atoms with Crippen LogP contribution < -0.4 is 10.3 Å². The number of carbonyl (C=O) groups excluding carboxylic acids is 1. The molecule has 1 saturated heterocycles. The van der Waals surface area contributed by atoms with E-state index in [9.17, 15) is 9.59 Å². The van der Waals surface area contributed by atoms with E-state index in [0.29, 0.717) is 56.2 Å². The van der Waals surface area contributed by atoms with Crippen LogP contribution in [0.15, 0.2) is 51.8 Å². The van der Waals surface area contributed by atoms with Gasteiger partial charge in [-0.05, 0) is 29.8 Å². The fraction of sp³-hybridized carbons (Fsp3) is 0.346. The van der Waals surface area contributed by atoms with Crippen LogP contribution in [0, 0.1) is 0 Å². The monoisotopic (exact) mass is 486 g/mol. The molecule has 1 fully saturated rings. The van der Waals surface area contributed by atoms with Crippen LogP contribution in [0.3, 0.4) is 0 Å². The number of nitrogens with one attached hydrogen (secondary N) is 1. The Morgan fingerprint density at radius 1 is 1.06 bits per heavy atom. The van der Waals surface area contributed by atoms with Gasteiger partial charge in [0.15, 0.2) is 0 Å². The molecule has 0 radical (unpaired) electrons. The maximum atomic E-state index is 12.8. The minimum absolute atomic E-state index is 0.0803. The molecule has 0 saturated carbocycles. The zero-order valence-electron chi connectivity index (χ0n) is 19.8. The van der Waals surface area contributed by atoms with E-state index < -0.39 is 0 Å². The van der Waals surface area contributed by atoms with Crippen molar-refractivity contribution in [1.29, 1.82) is 0 Å². The first-order valence-corrected chi connectivity index (χ1v) is 12.2. The van der Waals surface area contributed by atoms with Gasteiger partial charge in [0.2, 0.25) is 17.6 Å². The van der Waals surface area contributed by atoms with Gasteiger partial charge in [-0.3, -0.25) is 14.5 Å². The molecule has 0 atom stereocenters. The van der Waals surface area contributed by atoms with Crippen LogP contribution in [-0.2, 0) is 24.2 Å². The summed E-state index contributed by atoms with van der Waals surface area (Å²) >= 11 is 0. The lowest BCUT2D eigenvalue weighted by molar-refractivity contribution is -0.133. The maximum absolute atomic E-state index is 12.8. The molecule has 0 bridgehead atoms. The van der Waals surface area contributed by atoms with Gasteiger partial charge >= 0.3 is 0 Å². The highest BCUT2D eigenvalue weighted by atomic mass is 16.5. The molecule has 2 aliphatic heterocycles. The Morgan fingerprint density at radius 3 is 2.75 bits per heavy atom. The molecule has 6 rings (SSSR count). The van der Waals surface area contributed by atoms with Gasteiger partial charge in [-0.25, -0.2) is 5.10 Å². The summed E-state index contributed by atoms with van der Waals surface area (Å²) in [4.78, 5) is 33.4. The maximum Gasteiger partial charge on any atom is 0.272 e. The standard InChI is InChI=1S/C26H26N6O4/c33-24(8-7-23-27-25(30-36-23)18-5-6-22-17(15-18)9-14-35-22)32-12-10-31(11-13-32)16-21-19-3-1-2-4-20(19)26(34)29-28-21/h1-6,15H,7-14,16H2,(H,29,34). The predicted octanol–water partition coefficient (Wildman–Crippen LogP) is 2.18. The molecule has 10 heteroatoms. The predicted molar refractivity (Wildman–Crippen MR) is 131 cm³/mol. The summed E-state index contributed by atoms with van der Waals surface area (Å²) < 4.78 is 10.9. The zero-order chi connectivity index (χ0) is 24.5. The highest BCUT2D eigenvalue weighted by Crippen LogP contribution is 2.29. The van der Waals surface area contributed by atoms with Crippen molar-refractivity contribution in [1.82, 2.24) is 30.1 Å². The minimum atomic E-state index is -0.181. The number of aromatic nitrogens is 4. The summed E-state index contributed by atoms with van der Waals surface area (Å²) in [5.41, 5.74) is 2.70. The number of benzene rings is 2. The van der Waals surface area contributed by atoms with Gasteiger partial charge in [-0.2, -0.15) is 10.1 Å². The van der Waals surface area contributed by atoms with Gasteiger partial charge in [-0.15, -0.1) is 0 Å². The lowest BCUT2D eigenvalue weighted by atomic mass is 10.1. The lowest BCUT2D eigenvalue weighted by Gasteiger charge is -2.34. The molecular weight excluding hydrogens is 460 g/mol. The quantitative estimate of drug-likeness (QED) is 0.441. The van der Waals surface area contributed by atoms with Gasteiger partial charge in [-0.1, -0.05) is 23.4 Å². The summed E-state index contributed by atoms with van der Waals surface area (Å²) in [6, 6.07) is 13.4. The Hall–Kier alpha value is -4.05. The molecule has 2 aliphatic rings. The van der Waals surface area contributed by atoms with Crippen LogP contribution in [0.5, 0.6) is 5.75 Å². The van der Waals surface area contributed by atoms with Crippen molar-refractivity contribution < 1.29 is 14.1 Å². The molecule has 4 heterocycles. The van der Waals surface area contributed by atoms with Crippen molar-refractivity contribution >= 4 is 16.7 Å². The molecule has 10 nitrogen and oxygen atoms in total. The minimum Gasteiger partial charge on any atom is -0.493 e. The number of amides is 1. The van der Waals surface area contributed by atoms with E-state index in [4.69, 9.17) is 9.26 Å². The number of rotatable bonds is 6. The van der Waals surface area contributed by atoms with E-state index in [2.05, 4.69) is 25.2 Å². The third-order valence-corrected chi connectivity index (χ3v) is 6.84. The topological polar surface area (TPSA) is 117 Å². The van der Waals surface area contributed by atoms with Gasteiger partial charge in [0, 0.05) is 62.9 Å². The highest BCUT2D eigenvalue weighted by molar-refractivity contribution is 5.83. The largest absolute Gasteiger partial charge is 0.493 e. The number of aromatic amines is 1. The van der Waals surface area contributed by atoms with Crippen LogP contribution in [-0.4, -0.2) is 68.8 Å². The molecule has 1 N–H and O–H groups in total. The second-order valence-corrected chi connectivity index (χ2v) is 9.13. The molecular formula is C26H26N6O4. The van der Waals surface area contributed by atoms with Crippen LogP contribution in [0.4, 0.5) is 0 Å². The van der Waals surface area contributed by atoms with E-state index in [1.807, 2.05) is 47.4 Å². The first kappa shape index (κ1) is 22.4. The number of ether oxygens (including phenoxy) is 1. The SMILES string of the molecule is O=C(CCc1nc(-c2ccc3c(c2)CCO3)no1)N1CCN(Cc2n[nH]c(=O)c3ccccc23)CC1. The lowest BCUT2D eigenvalue weighted by Crippen LogP contribution is -2.48. The average Bonchev–Trinajstić information content (AvgIpc) is 3.59. The van der Waals surface area contributed by atoms with E-state index in [-0.39, 0.29) is 11.5 Å². The highest BCUT2D eigenvalue weighted by Gasteiger charge is 2.23. The zero-order valence-corrected chi connectivity index (χ0v) is 19.8. The van der Waals surface area contributed by atoms with Crippen molar-refractivity contribution in [2.75, 3.05) is 32.8 Å². The number of hydrogen-bond acceptors (Lipinski definition) is 8. The molecule has 0 unspecified atom stereocenters. The number of carbonyl (C=O) groups is 1. The van der Waals surface area contributed by atoms with Crippen molar-refractivity contribution in [3.05, 3.63) is 70.0 Å². The number of aryl methyl sites for hydroxylation is 1. The molecule has 0 spiro atoms. The summed E-state index contributed by atoms with van der Waals surface area (Å²) in [6.07, 6.45) is 1.62. The Morgan fingerprint density at radius 2 is 1.89 bits per heavy atom. The molecule has 36 heavy (non-hydrogen) atoms. The van der Waals surface area contributed by atoms with Gasteiger partial charge in [0.25, 0.3) is 5.56 Å². The van der Waals surface area contributed by atoms with Gasteiger partial charge in [0.1, 0.15) is 5.75 Å². The molecule has 4 aromatic rings. The van der Waals surface area contributed by atoms with Gasteiger partial charge in [0.05, 0.1) is 17.7 Å². The summed E-state index contributed by atoms with van der Waals surface area (Å²) in [6.45, 7) is 4.10. The fourth-order valence-electron chi connectivity index (χ4n) is 4.83. The number of fused-ring (bicyclic) bond motifs is 2. The third-order valence-electron chi connectivity index (χ3n) is 6.84. The molecule has 2 aromatic heterocycles. The Balaban J connectivity index is 1.02. The van der Waals surface area contributed by atoms with Crippen molar-refractivity contribution in [2.45, 2.75) is 25.8 Å². The van der Waals surface area contributed by atoms with E-state index >= 15 is 0 Å². The van der Waals surface area contributed by atoms with Crippen molar-refractivity contribution in [2.24, 2.45) is 0 Å². The van der Waals surface area contributed by atoms with Gasteiger partial charge < -0.3 is 14.2 Å². The van der Waals surface area contributed by atoms with E-state index in [0.717, 1.165) is 47.5 Å². The Labute approximate surface area is 206 Å². The van der Waals surface area contributed by atoms with Crippen molar-refractivity contribution in [3.63, 3.8) is 0 Å². The summed E-state index contributed by atoms with van der Waals surface area (Å²) in [5, 5.41) is 12.5. The second-order valence-electron chi connectivity index (χ2n) is 9.13. The molecule has 184 valence electrons. The van der Waals surface area contributed by atoms with Crippen LogP contribution in [0.25, 0.3) is 22.2 Å². The Kier molecular flexibility index (Phi) is 5.94. The van der Waals surface area contributed by atoms with Crippen molar-refractivity contribution in [3.8, 4) is 17.1 Å². The number of hydrogen-bond donors (Lipinski definition) is 1. The van der Waals surface area contributed by atoms with Crippen LogP contribution in [0.2, 0.25) is 0 Å². The smallest absolute Gasteiger partial charge is 0.272 e. The number of piperazine rings is 1. The second kappa shape index (κ2) is 9.54. The number of nitrogens with zero attached hydrogens (tertiary/aromatic N) is 5. The van der Waals surface area contributed by atoms with E-state index in [1.54, 1.807) is 0 Å². The van der Waals surface area contributed by atoms with Crippen LogP contribution in [0.1, 0.15) is 23.6 Å². The first-order chi connectivity index (χ1) is 17.6. The normalized spacial score (nSPS) is 15.7. The summed E-state index contributed by atoms with van der Waals surface area (Å²) in [5.74, 6) is 1.99. The Bertz CT molecular complexity index is 1470. The fourth-order valence-corrected chi connectivity index (χ4v) is 4.83. The number of H-pyrrole nitrogens is 1. The third kappa shape index (κ3) is 4.47. The molecule has 2 aromatic carbocycles. The van der Waals surface area contributed by atoms with Crippen LogP contribution >= 0.6 is 0 Å². The molecule has 0 aliphatic carbocycles. The average molecular weight is 487 g/mol. The molecule has 1 amide bonds. The first-order valence-electron chi connectivity index (χ1n) is 12.2. The van der Waals surface area contributed by atoms with E-state index in [1.165, 1.54) is 0 Å². The summed E-state index contributed by atoms with van der Waals surface area (Å²) in [7, 11) is 0.